The summed E-state index contributed by atoms with van der Waals surface area (Å²) in [6, 6.07) is 2.18. The highest BCUT2D eigenvalue weighted by Gasteiger charge is 2.17. The molecule has 0 fully saturated rings. The molecule has 0 radical (unpaired) electrons. The number of rotatable bonds is 5. The average Bonchev–Trinajstić information content (AvgIpc) is 2.33. The first-order valence-corrected chi connectivity index (χ1v) is 6.17. The third-order valence-corrected chi connectivity index (χ3v) is 2.65. The highest BCUT2D eigenvalue weighted by Crippen LogP contribution is 2.20. The van der Waals surface area contributed by atoms with Crippen molar-refractivity contribution in [2.24, 2.45) is 0 Å². The molecule has 0 atom stereocenters. The van der Waals surface area contributed by atoms with Gasteiger partial charge in [0.25, 0.3) is 0 Å². The molecule has 0 saturated heterocycles. The SMILES string of the molecule is CCc1nnc(NCC(C)(C)O)c(C#N)c1CC. The van der Waals surface area contributed by atoms with Gasteiger partial charge in [-0.15, -0.1) is 5.10 Å². The van der Waals surface area contributed by atoms with Crippen LogP contribution in [0.1, 0.15) is 44.5 Å². The summed E-state index contributed by atoms with van der Waals surface area (Å²) in [6.45, 7) is 7.71. The van der Waals surface area contributed by atoms with Crippen molar-refractivity contribution in [2.45, 2.75) is 46.1 Å². The third-order valence-electron chi connectivity index (χ3n) is 2.65. The van der Waals surface area contributed by atoms with Crippen LogP contribution in [0, 0.1) is 11.3 Å². The zero-order valence-corrected chi connectivity index (χ0v) is 11.4. The molecule has 18 heavy (non-hydrogen) atoms. The summed E-state index contributed by atoms with van der Waals surface area (Å²) in [5, 5.41) is 30.1. The largest absolute Gasteiger partial charge is 0.389 e. The zero-order valence-electron chi connectivity index (χ0n) is 11.4. The normalized spacial score (nSPS) is 11.1. The van der Waals surface area contributed by atoms with Crippen molar-refractivity contribution in [3.8, 4) is 6.07 Å². The van der Waals surface area contributed by atoms with E-state index in [2.05, 4.69) is 21.6 Å². The van der Waals surface area contributed by atoms with Gasteiger partial charge in [-0.1, -0.05) is 13.8 Å². The summed E-state index contributed by atoms with van der Waals surface area (Å²) >= 11 is 0. The fourth-order valence-electron chi connectivity index (χ4n) is 1.72. The molecule has 0 aromatic carbocycles. The van der Waals surface area contributed by atoms with E-state index in [1.807, 2.05) is 13.8 Å². The average molecular weight is 248 g/mol. The molecule has 1 rings (SSSR count). The van der Waals surface area contributed by atoms with E-state index in [1.54, 1.807) is 13.8 Å². The Morgan fingerprint density at radius 3 is 2.39 bits per heavy atom. The van der Waals surface area contributed by atoms with Crippen molar-refractivity contribution in [2.75, 3.05) is 11.9 Å². The van der Waals surface area contributed by atoms with E-state index < -0.39 is 5.60 Å². The van der Waals surface area contributed by atoms with Gasteiger partial charge >= 0.3 is 0 Å². The highest BCUT2D eigenvalue weighted by molar-refractivity contribution is 5.56. The Balaban J connectivity index is 3.10. The van der Waals surface area contributed by atoms with E-state index in [1.165, 1.54) is 0 Å². The van der Waals surface area contributed by atoms with Crippen LogP contribution in [-0.2, 0) is 12.8 Å². The summed E-state index contributed by atoms with van der Waals surface area (Å²) < 4.78 is 0. The minimum atomic E-state index is -0.857. The van der Waals surface area contributed by atoms with E-state index >= 15 is 0 Å². The van der Waals surface area contributed by atoms with Crippen LogP contribution in [0.2, 0.25) is 0 Å². The van der Waals surface area contributed by atoms with E-state index in [0.717, 1.165) is 24.1 Å². The van der Waals surface area contributed by atoms with Gasteiger partial charge in [0, 0.05) is 6.54 Å². The van der Waals surface area contributed by atoms with E-state index in [4.69, 9.17) is 0 Å². The van der Waals surface area contributed by atoms with E-state index in [-0.39, 0.29) is 0 Å². The fraction of sp³-hybridized carbons (Fsp3) is 0.615. The molecule has 98 valence electrons. The standard InChI is InChI=1S/C13H20N4O/c1-5-9-10(7-14)12(15-8-13(3,4)18)17-16-11(9)6-2/h18H,5-6,8H2,1-4H3,(H,15,17). The van der Waals surface area contributed by atoms with Crippen LogP contribution in [-0.4, -0.2) is 27.4 Å². The number of anilines is 1. The minimum absolute atomic E-state index is 0.324. The Hall–Kier alpha value is -1.67. The number of hydrogen-bond acceptors (Lipinski definition) is 5. The molecule has 0 amide bonds. The Kier molecular flexibility index (Phi) is 4.62. The number of aliphatic hydroxyl groups is 1. The molecule has 0 bridgehead atoms. The van der Waals surface area contributed by atoms with Crippen molar-refractivity contribution in [1.29, 1.82) is 5.26 Å². The monoisotopic (exact) mass is 248 g/mol. The molecule has 2 N–H and O–H groups in total. The quantitative estimate of drug-likeness (QED) is 0.828. The molecule has 0 aliphatic carbocycles. The molecule has 0 aliphatic rings. The molecule has 0 spiro atoms. The molecule has 1 aromatic heterocycles. The van der Waals surface area contributed by atoms with Crippen LogP contribution in [0.5, 0.6) is 0 Å². The first kappa shape index (κ1) is 14.4. The second-order valence-electron chi connectivity index (χ2n) is 4.83. The Morgan fingerprint density at radius 2 is 1.94 bits per heavy atom. The summed E-state index contributed by atoms with van der Waals surface area (Å²) in [5.74, 6) is 0.452. The topological polar surface area (TPSA) is 81.8 Å². The molecule has 5 nitrogen and oxygen atoms in total. The van der Waals surface area contributed by atoms with Gasteiger partial charge in [0.2, 0.25) is 0 Å². The Morgan fingerprint density at radius 1 is 1.28 bits per heavy atom. The van der Waals surface area contributed by atoms with Crippen molar-refractivity contribution in [3.63, 3.8) is 0 Å². The van der Waals surface area contributed by atoms with E-state index in [0.29, 0.717) is 17.9 Å². The lowest BCUT2D eigenvalue weighted by molar-refractivity contribution is 0.0944. The summed E-state index contributed by atoms with van der Waals surface area (Å²) in [7, 11) is 0. The lowest BCUT2D eigenvalue weighted by Crippen LogP contribution is -2.30. The number of hydrogen-bond donors (Lipinski definition) is 2. The molecular weight excluding hydrogens is 228 g/mol. The van der Waals surface area contributed by atoms with Crippen LogP contribution >= 0.6 is 0 Å². The van der Waals surface area contributed by atoms with Crippen molar-refractivity contribution < 1.29 is 5.11 Å². The first-order valence-electron chi connectivity index (χ1n) is 6.17. The first-order chi connectivity index (χ1) is 8.42. The summed E-state index contributed by atoms with van der Waals surface area (Å²) in [4.78, 5) is 0. The Labute approximate surface area is 108 Å². The molecule has 5 heteroatoms. The fourth-order valence-corrected chi connectivity index (χ4v) is 1.72. The molecule has 1 aromatic rings. The van der Waals surface area contributed by atoms with Gasteiger partial charge < -0.3 is 10.4 Å². The van der Waals surface area contributed by atoms with Crippen LogP contribution in [0.4, 0.5) is 5.82 Å². The second-order valence-corrected chi connectivity index (χ2v) is 4.83. The Bertz CT molecular complexity index is 457. The lowest BCUT2D eigenvalue weighted by atomic mass is 10.0. The lowest BCUT2D eigenvalue weighted by Gasteiger charge is -2.19. The molecule has 0 aliphatic heterocycles. The van der Waals surface area contributed by atoms with Gasteiger partial charge in [0.1, 0.15) is 11.6 Å². The molecular formula is C13H20N4O. The summed E-state index contributed by atoms with van der Waals surface area (Å²) in [6.07, 6.45) is 1.51. The number of nitriles is 1. The van der Waals surface area contributed by atoms with Crippen LogP contribution in [0.25, 0.3) is 0 Å². The number of aryl methyl sites for hydroxylation is 1. The van der Waals surface area contributed by atoms with Gasteiger partial charge in [0.05, 0.1) is 11.3 Å². The maximum atomic E-state index is 9.68. The highest BCUT2D eigenvalue weighted by atomic mass is 16.3. The number of nitrogens with zero attached hydrogens (tertiary/aromatic N) is 3. The van der Waals surface area contributed by atoms with Crippen molar-refractivity contribution >= 4 is 5.82 Å². The number of aromatic nitrogens is 2. The number of nitrogens with one attached hydrogen (secondary N) is 1. The van der Waals surface area contributed by atoms with E-state index in [9.17, 15) is 10.4 Å². The van der Waals surface area contributed by atoms with Gasteiger partial charge in [-0.2, -0.15) is 10.4 Å². The van der Waals surface area contributed by atoms with Crippen LogP contribution in [0.3, 0.4) is 0 Å². The minimum Gasteiger partial charge on any atom is -0.389 e. The molecule has 1 heterocycles. The van der Waals surface area contributed by atoms with Crippen LogP contribution in [0.15, 0.2) is 0 Å². The third kappa shape index (κ3) is 3.41. The maximum Gasteiger partial charge on any atom is 0.167 e. The summed E-state index contributed by atoms with van der Waals surface area (Å²) in [5.41, 5.74) is 1.48. The van der Waals surface area contributed by atoms with Gasteiger partial charge in [0.15, 0.2) is 5.82 Å². The smallest absolute Gasteiger partial charge is 0.167 e. The van der Waals surface area contributed by atoms with Gasteiger partial charge in [-0.25, -0.2) is 0 Å². The van der Waals surface area contributed by atoms with Gasteiger partial charge in [-0.05, 0) is 32.3 Å². The predicted molar refractivity (Wildman–Crippen MR) is 70.3 cm³/mol. The maximum absolute atomic E-state index is 9.68. The van der Waals surface area contributed by atoms with Gasteiger partial charge in [-0.3, -0.25) is 0 Å². The second kappa shape index (κ2) is 5.78. The predicted octanol–water partition coefficient (Wildman–Crippen LogP) is 1.66. The molecule has 0 saturated carbocycles. The van der Waals surface area contributed by atoms with Crippen LogP contribution < -0.4 is 5.32 Å². The zero-order chi connectivity index (χ0) is 13.8. The van der Waals surface area contributed by atoms with Crippen molar-refractivity contribution in [3.05, 3.63) is 16.8 Å². The molecule has 0 unspecified atom stereocenters. The van der Waals surface area contributed by atoms with Crippen molar-refractivity contribution in [1.82, 2.24) is 10.2 Å².